The Morgan fingerprint density at radius 2 is 0.800 bits per heavy atom. The summed E-state index contributed by atoms with van der Waals surface area (Å²) in [5, 5.41) is 54.7. The molecular formula is C61H119NO8. The molecular weight excluding hydrogens is 875 g/mol. The molecule has 0 spiro atoms. The van der Waals surface area contributed by atoms with E-state index in [0.29, 0.717) is 12.8 Å². The summed E-state index contributed by atoms with van der Waals surface area (Å²) in [5.74, 6) is -0.138. The Bertz CT molecular complexity index is 1110. The lowest BCUT2D eigenvalue weighted by atomic mass is 9.99. The standard InChI is InChI=1S/C61H119NO8/c1-3-5-7-9-11-13-15-17-19-21-22-23-24-25-26-27-28-29-30-31-32-33-35-37-39-41-43-45-47-49-51-57(65)62-54(53-69-61-60(68)59(67)58(66)56(52-63)70-61)55(64)50-48-46-44-42-40-38-36-34-20-18-16-14-12-10-8-6-4-2/h25-26,54-56,58-61,63-64,66-68H,3-24,27-53H2,1-2H3,(H,62,65)/b26-25-. The third kappa shape index (κ3) is 40.3. The van der Waals surface area contributed by atoms with Gasteiger partial charge in [0.2, 0.25) is 5.91 Å². The fourth-order valence-corrected chi connectivity index (χ4v) is 10.2. The first-order valence-corrected chi connectivity index (χ1v) is 30.9. The van der Waals surface area contributed by atoms with Crippen molar-refractivity contribution in [3.8, 4) is 0 Å². The lowest BCUT2D eigenvalue weighted by Gasteiger charge is -2.40. The van der Waals surface area contributed by atoms with Crippen molar-refractivity contribution in [1.29, 1.82) is 0 Å². The highest BCUT2D eigenvalue weighted by Gasteiger charge is 2.44. The summed E-state index contributed by atoms with van der Waals surface area (Å²) in [7, 11) is 0. The molecule has 0 radical (unpaired) electrons. The van der Waals surface area contributed by atoms with Crippen LogP contribution >= 0.6 is 0 Å². The van der Waals surface area contributed by atoms with Gasteiger partial charge in [-0.2, -0.15) is 0 Å². The Morgan fingerprint density at radius 1 is 0.471 bits per heavy atom. The molecule has 70 heavy (non-hydrogen) atoms. The molecule has 1 saturated heterocycles. The molecule has 0 bridgehead atoms. The minimum absolute atomic E-state index is 0.133. The maximum atomic E-state index is 13.1. The summed E-state index contributed by atoms with van der Waals surface area (Å²) < 4.78 is 11.3. The summed E-state index contributed by atoms with van der Waals surface area (Å²) in [5.41, 5.74) is 0. The van der Waals surface area contributed by atoms with Gasteiger partial charge in [0, 0.05) is 6.42 Å². The number of hydrogen-bond acceptors (Lipinski definition) is 8. The van der Waals surface area contributed by atoms with Crippen LogP contribution in [0.1, 0.15) is 316 Å². The van der Waals surface area contributed by atoms with Crippen LogP contribution in [0.4, 0.5) is 0 Å². The molecule has 7 unspecified atom stereocenters. The predicted octanol–water partition coefficient (Wildman–Crippen LogP) is 15.6. The van der Waals surface area contributed by atoms with Crippen molar-refractivity contribution in [3.63, 3.8) is 0 Å². The Hall–Kier alpha value is -1.07. The SMILES string of the molecule is CCCCCCCCCCCCCC/C=C\CCCCCCCCCCCCCCCCC(=O)NC(COC1OC(CO)C(O)C(O)C1O)C(O)CCCCCCCCCCCCCCCCCCC. The molecule has 0 aromatic rings. The van der Waals surface area contributed by atoms with Crippen molar-refractivity contribution >= 4 is 5.91 Å². The fraction of sp³-hybridized carbons (Fsp3) is 0.951. The zero-order valence-corrected chi connectivity index (χ0v) is 46.3. The van der Waals surface area contributed by atoms with Gasteiger partial charge in [-0.05, 0) is 38.5 Å². The summed E-state index contributed by atoms with van der Waals surface area (Å²) in [6.07, 6.45) is 56.8. The van der Waals surface area contributed by atoms with Crippen molar-refractivity contribution in [2.75, 3.05) is 13.2 Å². The lowest BCUT2D eigenvalue weighted by molar-refractivity contribution is -0.302. The predicted molar refractivity (Wildman–Crippen MR) is 295 cm³/mol. The third-order valence-corrected chi connectivity index (χ3v) is 15.1. The second-order valence-corrected chi connectivity index (χ2v) is 21.9. The third-order valence-electron chi connectivity index (χ3n) is 15.1. The van der Waals surface area contributed by atoms with E-state index in [1.165, 1.54) is 250 Å². The van der Waals surface area contributed by atoms with E-state index >= 15 is 0 Å². The smallest absolute Gasteiger partial charge is 0.220 e. The highest BCUT2D eigenvalue weighted by Crippen LogP contribution is 2.23. The van der Waals surface area contributed by atoms with Gasteiger partial charge in [-0.1, -0.05) is 283 Å². The molecule has 1 aliphatic heterocycles. The van der Waals surface area contributed by atoms with Crippen molar-refractivity contribution in [2.45, 2.75) is 358 Å². The van der Waals surface area contributed by atoms with E-state index in [1.54, 1.807) is 0 Å². The van der Waals surface area contributed by atoms with E-state index in [4.69, 9.17) is 9.47 Å². The van der Waals surface area contributed by atoms with Gasteiger partial charge < -0.3 is 40.3 Å². The number of amides is 1. The number of aliphatic hydroxyl groups excluding tert-OH is 5. The monoisotopic (exact) mass is 994 g/mol. The molecule has 1 aliphatic rings. The normalized spacial score (nSPS) is 19.3. The first-order valence-electron chi connectivity index (χ1n) is 30.9. The van der Waals surface area contributed by atoms with Crippen LogP contribution in [0.3, 0.4) is 0 Å². The second-order valence-electron chi connectivity index (χ2n) is 21.9. The van der Waals surface area contributed by atoms with Crippen LogP contribution in [0.25, 0.3) is 0 Å². The average molecular weight is 995 g/mol. The van der Waals surface area contributed by atoms with Gasteiger partial charge in [0.1, 0.15) is 24.4 Å². The first kappa shape index (κ1) is 66.9. The number of nitrogens with one attached hydrogen (secondary N) is 1. The number of carbonyl (C=O) groups is 1. The number of carbonyl (C=O) groups excluding carboxylic acids is 1. The van der Waals surface area contributed by atoms with Crippen LogP contribution in [0.5, 0.6) is 0 Å². The Balaban J connectivity index is 2.13. The van der Waals surface area contributed by atoms with Gasteiger partial charge in [0.15, 0.2) is 6.29 Å². The zero-order valence-electron chi connectivity index (χ0n) is 46.3. The molecule has 6 N–H and O–H groups in total. The molecule has 0 aliphatic carbocycles. The van der Waals surface area contributed by atoms with Crippen molar-refractivity contribution < 1.29 is 39.8 Å². The molecule has 1 rings (SSSR count). The quantitative estimate of drug-likeness (QED) is 0.0261. The topological polar surface area (TPSA) is 149 Å². The Kier molecular flexibility index (Phi) is 49.2. The first-order chi connectivity index (χ1) is 34.3. The maximum absolute atomic E-state index is 13.1. The minimum atomic E-state index is -1.55. The Morgan fingerprint density at radius 3 is 1.16 bits per heavy atom. The van der Waals surface area contributed by atoms with Crippen LogP contribution in [0.15, 0.2) is 12.2 Å². The number of hydrogen-bond donors (Lipinski definition) is 6. The number of allylic oxidation sites excluding steroid dienone is 2. The van der Waals surface area contributed by atoms with Gasteiger partial charge in [0.05, 0.1) is 25.4 Å². The molecule has 0 saturated carbocycles. The largest absolute Gasteiger partial charge is 0.394 e. The zero-order chi connectivity index (χ0) is 50.8. The van der Waals surface area contributed by atoms with E-state index in [-0.39, 0.29) is 12.5 Å². The molecule has 0 aromatic carbocycles. The molecule has 0 aromatic heterocycles. The molecule has 7 atom stereocenters. The van der Waals surface area contributed by atoms with Gasteiger partial charge in [-0.25, -0.2) is 0 Å². The van der Waals surface area contributed by atoms with Crippen molar-refractivity contribution in [3.05, 3.63) is 12.2 Å². The van der Waals surface area contributed by atoms with Crippen LogP contribution in [-0.4, -0.2) is 87.5 Å². The number of ether oxygens (including phenoxy) is 2. The average Bonchev–Trinajstić information content (AvgIpc) is 3.36. The number of rotatable bonds is 54. The molecule has 416 valence electrons. The minimum Gasteiger partial charge on any atom is -0.394 e. The molecule has 9 nitrogen and oxygen atoms in total. The summed E-state index contributed by atoms with van der Waals surface area (Å²) in [4.78, 5) is 13.1. The fourth-order valence-electron chi connectivity index (χ4n) is 10.2. The lowest BCUT2D eigenvalue weighted by Crippen LogP contribution is -2.60. The molecule has 9 heteroatoms. The molecule has 1 amide bonds. The second kappa shape index (κ2) is 51.4. The van der Waals surface area contributed by atoms with E-state index in [2.05, 4.69) is 31.3 Å². The van der Waals surface area contributed by atoms with E-state index in [1.807, 2.05) is 0 Å². The van der Waals surface area contributed by atoms with Gasteiger partial charge in [0.25, 0.3) is 0 Å². The summed E-state index contributed by atoms with van der Waals surface area (Å²) >= 11 is 0. The van der Waals surface area contributed by atoms with Gasteiger partial charge >= 0.3 is 0 Å². The molecule has 1 fully saturated rings. The number of unbranched alkanes of at least 4 members (excludes halogenated alkanes) is 42. The van der Waals surface area contributed by atoms with E-state index in [9.17, 15) is 30.3 Å². The van der Waals surface area contributed by atoms with Crippen molar-refractivity contribution in [2.24, 2.45) is 0 Å². The number of aliphatic hydroxyl groups is 5. The molecule has 1 heterocycles. The van der Waals surface area contributed by atoms with E-state index < -0.39 is 49.5 Å². The maximum Gasteiger partial charge on any atom is 0.220 e. The van der Waals surface area contributed by atoms with E-state index in [0.717, 1.165) is 38.5 Å². The highest BCUT2D eigenvalue weighted by atomic mass is 16.7. The summed E-state index contributed by atoms with van der Waals surface area (Å²) in [6.45, 7) is 3.88. The Labute approximate surface area is 433 Å². The van der Waals surface area contributed by atoms with Crippen LogP contribution in [0, 0.1) is 0 Å². The van der Waals surface area contributed by atoms with Crippen LogP contribution in [0.2, 0.25) is 0 Å². The highest BCUT2D eigenvalue weighted by molar-refractivity contribution is 5.76. The van der Waals surface area contributed by atoms with Crippen LogP contribution in [-0.2, 0) is 14.3 Å². The van der Waals surface area contributed by atoms with Gasteiger partial charge in [-0.3, -0.25) is 4.79 Å². The van der Waals surface area contributed by atoms with Crippen LogP contribution < -0.4 is 5.32 Å². The van der Waals surface area contributed by atoms with Gasteiger partial charge in [-0.15, -0.1) is 0 Å². The van der Waals surface area contributed by atoms with Crippen molar-refractivity contribution in [1.82, 2.24) is 5.32 Å². The summed E-state index contributed by atoms with van der Waals surface area (Å²) in [6, 6.07) is -0.716.